The first-order valence-corrected chi connectivity index (χ1v) is 7.01. The number of benzene rings is 1. The number of fused-ring (bicyclic) bond motifs is 1. The zero-order valence-electron chi connectivity index (χ0n) is 10.0. The standard InChI is InChI=1S/C15H16OS/c1-15(7-6-12(16)9-15)8-11-10-17-14-5-3-2-4-13(11)14/h2-5,10H,6-9H2,1H3. The summed E-state index contributed by atoms with van der Waals surface area (Å²) >= 11 is 1.81. The SMILES string of the molecule is CC1(Cc2csc3ccccc23)CCC(=O)C1. The highest BCUT2D eigenvalue weighted by Crippen LogP contribution is 2.40. The molecule has 1 nitrogen and oxygen atoms in total. The normalized spacial score (nSPS) is 24.6. The van der Waals surface area contributed by atoms with E-state index in [2.05, 4.69) is 36.6 Å². The molecule has 0 saturated heterocycles. The lowest BCUT2D eigenvalue weighted by Gasteiger charge is -2.21. The molecule has 1 aliphatic carbocycles. The maximum absolute atomic E-state index is 11.5. The van der Waals surface area contributed by atoms with E-state index >= 15 is 0 Å². The van der Waals surface area contributed by atoms with Gasteiger partial charge < -0.3 is 0 Å². The lowest BCUT2D eigenvalue weighted by Crippen LogP contribution is -2.15. The Balaban J connectivity index is 1.92. The van der Waals surface area contributed by atoms with Gasteiger partial charge in [0, 0.05) is 17.5 Å². The van der Waals surface area contributed by atoms with E-state index in [1.165, 1.54) is 15.6 Å². The highest BCUT2D eigenvalue weighted by atomic mass is 32.1. The van der Waals surface area contributed by atoms with Crippen molar-refractivity contribution in [3.05, 3.63) is 35.2 Å². The van der Waals surface area contributed by atoms with Crippen LogP contribution in [0.3, 0.4) is 0 Å². The van der Waals surface area contributed by atoms with Crippen LogP contribution in [0.4, 0.5) is 0 Å². The van der Waals surface area contributed by atoms with Crippen LogP contribution in [0.5, 0.6) is 0 Å². The van der Waals surface area contributed by atoms with Crippen molar-refractivity contribution in [2.24, 2.45) is 5.41 Å². The predicted octanol–water partition coefficient (Wildman–Crippen LogP) is 4.20. The third kappa shape index (κ3) is 2.02. The summed E-state index contributed by atoms with van der Waals surface area (Å²) in [4.78, 5) is 11.5. The Bertz CT molecular complexity index is 569. The van der Waals surface area contributed by atoms with E-state index in [4.69, 9.17) is 0 Å². The van der Waals surface area contributed by atoms with Crippen LogP contribution in [0.1, 0.15) is 31.7 Å². The van der Waals surface area contributed by atoms with Crippen molar-refractivity contribution < 1.29 is 4.79 Å². The smallest absolute Gasteiger partial charge is 0.133 e. The van der Waals surface area contributed by atoms with Crippen LogP contribution in [-0.2, 0) is 11.2 Å². The summed E-state index contributed by atoms with van der Waals surface area (Å²) < 4.78 is 1.36. The molecule has 1 heterocycles. The molecule has 0 amide bonds. The maximum atomic E-state index is 11.5. The van der Waals surface area contributed by atoms with E-state index in [1.807, 2.05) is 11.3 Å². The molecule has 0 spiro atoms. The summed E-state index contributed by atoms with van der Waals surface area (Å²) in [5.74, 6) is 0.437. The minimum atomic E-state index is 0.195. The topological polar surface area (TPSA) is 17.1 Å². The van der Waals surface area contributed by atoms with Crippen LogP contribution in [0, 0.1) is 5.41 Å². The second-order valence-electron chi connectivity index (χ2n) is 5.46. The fourth-order valence-corrected chi connectivity index (χ4v) is 3.84. The van der Waals surface area contributed by atoms with Gasteiger partial charge in [-0.05, 0) is 40.7 Å². The number of carbonyl (C=O) groups excluding carboxylic acids is 1. The van der Waals surface area contributed by atoms with Gasteiger partial charge in [-0.15, -0.1) is 11.3 Å². The van der Waals surface area contributed by atoms with Gasteiger partial charge >= 0.3 is 0 Å². The molecule has 1 atom stereocenters. The first-order valence-electron chi connectivity index (χ1n) is 6.13. The summed E-state index contributed by atoms with van der Waals surface area (Å²) in [6.07, 6.45) is 3.63. The summed E-state index contributed by atoms with van der Waals surface area (Å²) in [5.41, 5.74) is 1.61. The second-order valence-corrected chi connectivity index (χ2v) is 6.37. The number of thiophene rings is 1. The van der Waals surface area contributed by atoms with Gasteiger partial charge in [-0.3, -0.25) is 4.79 Å². The molecule has 1 aliphatic rings. The largest absolute Gasteiger partial charge is 0.300 e. The first kappa shape index (κ1) is 11.0. The van der Waals surface area contributed by atoms with Crippen LogP contribution < -0.4 is 0 Å². The zero-order valence-corrected chi connectivity index (χ0v) is 10.8. The zero-order chi connectivity index (χ0) is 11.9. The Morgan fingerprint density at radius 3 is 2.94 bits per heavy atom. The molecule has 0 aliphatic heterocycles. The third-order valence-electron chi connectivity index (χ3n) is 3.81. The van der Waals surface area contributed by atoms with Gasteiger partial charge in [0.05, 0.1) is 0 Å². The Morgan fingerprint density at radius 2 is 2.18 bits per heavy atom. The van der Waals surface area contributed by atoms with E-state index in [0.717, 1.165) is 25.7 Å². The fraction of sp³-hybridized carbons (Fsp3) is 0.400. The molecule has 17 heavy (non-hydrogen) atoms. The maximum Gasteiger partial charge on any atom is 0.133 e. The number of ketones is 1. The van der Waals surface area contributed by atoms with Crippen LogP contribution in [0.2, 0.25) is 0 Å². The Labute approximate surface area is 105 Å². The summed E-state index contributed by atoms with van der Waals surface area (Å²) in [6.45, 7) is 2.25. The van der Waals surface area contributed by atoms with E-state index in [0.29, 0.717) is 5.78 Å². The minimum absolute atomic E-state index is 0.195. The highest BCUT2D eigenvalue weighted by Gasteiger charge is 2.34. The van der Waals surface area contributed by atoms with Gasteiger partial charge in [0.25, 0.3) is 0 Å². The first-order chi connectivity index (χ1) is 8.16. The van der Waals surface area contributed by atoms with Crippen molar-refractivity contribution >= 4 is 27.2 Å². The molecule has 2 heteroatoms. The minimum Gasteiger partial charge on any atom is -0.300 e. The Hall–Kier alpha value is -1.15. The molecule has 0 bridgehead atoms. The van der Waals surface area contributed by atoms with Gasteiger partial charge in [-0.1, -0.05) is 25.1 Å². The van der Waals surface area contributed by atoms with Gasteiger partial charge in [0.1, 0.15) is 5.78 Å². The van der Waals surface area contributed by atoms with Gasteiger partial charge in [0.15, 0.2) is 0 Å². The van der Waals surface area contributed by atoms with Gasteiger partial charge in [-0.2, -0.15) is 0 Å². The Kier molecular flexibility index (Phi) is 2.55. The molecule has 1 aromatic carbocycles. The molecule has 0 N–H and O–H groups in total. The predicted molar refractivity (Wildman–Crippen MR) is 72.5 cm³/mol. The van der Waals surface area contributed by atoms with Crippen LogP contribution in [-0.4, -0.2) is 5.78 Å². The summed E-state index contributed by atoms with van der Waals surface area (Å²) in [7, 11) is 0. The lowest BCUT2D eigenvalue weighted by atomic mass is 9.82. The quantitative estimate of drug-likeness (QED) is 0.773. The van der Waals surface area contributed by atoms with Crippen LogP contribution >= 0.6 is 11.3 Å². The van der Waals surface area contributed by atoms with E-state index < -0.39 is 0 Å². The molecular formula is C15H16OS. The molecular weight excluding hydrogens is 228 g/mol. The van der Waals surface area contributed by atoms with Crippen molar-refractivity contribution in [1.82, 2.24) is 0 Å². The van der Waals surface area contributed by atoms with Crippen molar-refractivity contribution in [3.63, 3.8) is 0 Å². The molecule has 1 fully saturated rings. The highest BCUT2D eigenvalue weighted by molar-refractivity contribution is 7.17. The average molecular weight is 244 g/mol. The molecule has 2 aromatic rings. The average Bonchev–Trinajstić information content (AvgIpc) is 2.85. The van der Waals surface area contributed by atoms with E-state index in [-0.39, 0.29) is 5.41 Å². The van der Waals surface area contributed by atoms with E-state index in [9.17, 15) is 4.79 Å². The van der Waals surface area contributed by atoms with Crippen molar-refractivity contribution in [2.75, 3.05) is 0 Å². The number of carbonyl (C=O) groups is 1. The number of Topliss-reactive ketones (excluding diaryl/α,β-unsaturated/α-hetero) is 1. The Morgan fingerprint density at radius 1 is 1.35 bits per heavy atom. The monoisotopic (exact) mass is 244 g/mol. The van der Waals surface area contributed by atoms with Crippen molar-refractivity contribution in [3.8, 4) is 0 Å². The molecule has 1 saturated carbocycles. The van der Waals surface area contributed by atoms with Gasteiger partial charge in [-0.25, -0.2) is 0 Å². The molecule has 3 rings (SSSR count). The lowest BCUT2D eigenvalue weighted by molar-refractivity contribution is -0.117. The van der Waals surface area contributed by atoms with Crippen LogP contribution in [0.15, 0.2) is 29.6 Å². The fourth-order valence-electron chi connectivity index (χ4n) is 2.87. The van der Waals surface area contributed by atoms with E-state index in [1.54, 1.807) is 0 Å². The van der Waals surface area contributed by atoms with Crippen molar-refractivity contribution in [2.45, 2.75) is 32.6 Å². The second kappa shape index (κ2) is 3.95. The number of hydrogen-bond donors (Lipinski definition) is 0. The van der Waals surface area contributed by atoms with Crippen molar-refractivity contribution in [1.29, 1.82) is 0 Å². The third-order valence-corrected chi connectivity index (χ3v) is 4.82. The summed E-state index contributed by atoms with van der Waals surface area (Å²) in [6, 6.07) is 8.55. The molecule has 88 valence electrons. The van der Waals surface area contributed by atoms with Crippen LogP contribution in [0.25, 0.3) is 10.1 Å². The number of hydrogen-bond acceptors (Lipinski definition) is 2. The molecule has 0 radical (unpaired) electrons. The molecule has 1 aromatic heterocycles. The molecule has 1 unspecified atom stereocenters. The summed E-state index contributed by atoms with van der Waals surface area (Å²) in [5, 5.41) is 3.64. The number of rotatable bonds is 2. The van der Waals surface area contributed by atoms with Gasteiger partial charge in [0.2, 0.25) is 0 Å².